The summed E-state index contributed by atoms with van der Waals surface area (Å²) in [4.78, 5) is 8.05. The van der Waals surface area contributed by atoms with Gasteiger partial charge in [-0.05, 0) is 24.3 Å². The van der Waals surface area contributed by atoms with Crippen molar-refractivity contribution in [2.45, 2.75) is 5.16 Å². The van der Waals surface area contributed by atoms with Crippen molar-refractivity contribution < 1.29 is 8.42 Å². The number of nitrogens with zero attached hydrogens (tertiary/aromatic N) is 3. The molecule has 0 aliphatic heterocycles. The molecule has 1 aromatic carbocycles. The van der Waals surface area contributed by atoms with E-state index in [4.69, 9.17) is 10.7 Å². The zero-order valence-electron chi connectivity index (χ0n) is 9.41. The fourth-order valence-corrected chi connectivity index (χ4v) is 2.26. The minimum Gasteiger partial charge on any atom is -0.256 e. The highest BCUT2D eigenvalue weighted by Gasteiger charge is 2.16. The molecule has 0 aliphatic rings. The zero-order chi connectivity index (χ0) is 13.5. The van der Waals surface area contributed by atoms with Crippen molar-refractivity contribution in [3.05, 3.63) is 36.5 Å². The highest BCUT2D eigenvalue weighted by atomic mass is 35.7. The Morgan fingerprint density at radius 3 is 2.79 bits per heavy atom. The summed E-state index contributed by atoms with van der Waals surface area (Å²) >= 11 is 0. The maximum Gasteiger partial charge on any atom is 0.296 e. The Morgan fingerprint density at radius 1 is 1.21 bits per heavy atom. The van der Waals surface area contributed by atoms with E-state index in [0.29, 0.717) is 5.56 Å². The van der Waals surface area contributed by atoms with Gasteiger partial charge in [-0.15, -0.1) is 0 Å². The summed E-state index contributed by atoms with van der Waals surface area (Å²) in [5, 5.41) is 6.69. The van der Waals surface area contributed by atoms with Gasteiger partial charge in [-0.25, -0.2) is 13.5 Å². The average molecular weight is 295 g/mol. The quantitative estimate of drug-likeness (QED) is 0.730. The lowest BCUT2D eigenvalue weighted by Crippen LogP contribution is -1.92. The van der Waals surface area contributed by atoms with Gasteiger partial charge in [-0.3, -0.25) is 4.98 Å². The van der Waals surface area contributed by atoms with Gasteiger partial charge in [0.25, 0.3) is 14.2 Å². The molecule has 3 rings (SSSR count). The van der Waals surface area contributed by atoms with E-state index in [1.54, 1.807) is 12.3 Å². The first-order valence-electron chi connectivity index (χ1n) is 5.26. The van der Waals surface area contributed by atoms with Crippen LogP contribution in [0, 0.1) is 0 Å². The van der Waals surface area contributed by atoms with Crippen LogP contribution in [0.4, 0.5) is 0 Å². The van der Waals surface area contributed by atoms with Crippen molar-refractivity contribution in [3.63, 3.8) is 0 Å². The van der Waals surface area contributed by atoms with Crippen LogP contribution in [0.3, 0.4) is 0 Å². The van der Waals surface area contributed by atoms with Crippen LogP contribution in [0.25, 0.3) is 22.3 Å². The van der Waals surface area contributed by atoms with E-state index in [1.807, 2.05) is 24.3 Å². The third kappa shape index (κ3) is 2.29. The largest absolute Gasteiger partial charge is 0.296 e. The molecule has 3 aromatic rings. The number of pyridine rings is 1. The molecule has 0 saturated carbocycles. The summed E-state index contributed by atoms with van der Waals surface area (Å²) < 4.78 is 22.2. The minimum absolute atomic E-state index is 0.268. The minimum atomic E-state index is -3.90. The van der Waals surface area contributed by atoms with Gasteiger partial charge in [0.2, 0.25) is 0 Å². The number of fused-ring (bicyclic) bond motifs is 1. The number of benzene rings is 1. The summed E-state index contributed by atoms with van der Waals surface area (Å²) in [7, 11) is 1.28. The van der Waals surface area contributed by atoms with Crippen molar-refractivity contribution in [1.29, 1.82) is 0 Å². The first-order chi connectivity index (χ1) is 9.04. The van der Waals surface area contributed by atoms with Crippen LogP contribution >= 0.6 is 10.7 Å². The number of nitrogens with one attached hydrogen (secondary N) is 1. The Bertz CT molecular complexity index is 860. The van der Waals surface area contributed by atoms with Crippen LogP contribution in [0.1, 0.15) is 0 Å². The molecule has 0 unspecified atom stereocenters. The van der Waals surface area contributed by atoms with Crippen molar-refractivity contribution in [3.8, 4) is 11.4 Å². The van der Waals surface area contributed by atoms with Gasteiger partial charge < -0.3 is 0 Å². The van der Waals surface area contributed by atoms with Crippen LogP contribution in [0.5, 0.6) is 0 Å². The number of aromatic nitrogens is 4. The van der Waals surface area contributed by atoms with Crippen LogP contribution in [0.2, 0.25) is 0 Å². The molecular formula is C11H7ClN4O2S. The smallest absolute Gasteiger partial charge is 0.256 e. The summed E-state index contributed by atoms with van der Waals surface area (Å²) in [6.45, 7) is 0. The Kier molecular flexibility index (Phi) is 2.72. The predicted octanol–water partition coefficient (Wildman–Crippen LogP) is 1.95. The normalized spacial score (nSPS) is 11.8. The molecule has 96 valence electrons. The van der Waals surface area contributed by atoms with Gasteiger partial charge in [0.1, 0.15) is 0 Å². The number of hydrogen-bond donors (Lipinski definition) is 1. The standard InChI is InChI=1S/C11H7ClN4O2S/c12-19(17,18)11-14-10(15-16-11)8-3-4-9-7(6-8)2-1-5-13-9/h1-6H,(H,14,15,16). The van der Waals surface area contributed by atoms with E-state index in [0.717, 1.165) is 10.9 Å². The van der Waals surface area contributed by atoms with E-state index >= 15 is 0 Å². The maximum absolute atomic E-state index is 11.1. The molecule has 2 heterocycles. The third-order valence-corrected chi connectivity index (χ3v) is 3.64. The number of halogens is 1. The molecule has 0 saturated heterocycles. The van der Waals surface area contributed by atoms with Gasteiger partial charge >= 0.3 is 0 Å². The molecule has 0 fully saturated rings. The maximum atomic E-state index is 11.1. The molecule has 0 amide bonds. The van der Waals surface area contributed by atoms with Gasteiger partial charge in [0.05, 0.1) is 5.52 Å². The molecule has 0 atom stereocenters. The van der Waals surface area contributed by atoms with E-state index in [2.05, 4.69) is 20.2 Å². The second-order valence-electron chi connectivity index (χ2n) is 3.81. The number of hydrogen-bond acceptors (Lipinski definition) is 5. The van der Waals surface area contributed by atoms with Gasteiger partial charge in [0.15, 0.2) is 5.82 Å². The lowest BCUT2D eigenvalue weighted by Gasteiger charge is -1.98. The molecule has 2 aromatic heterocycles. The van der Waals surface area contributed by atoms with Crippen LogP contribution < -0.4 is 0 Å². The summed E-state index contributed by atoms with van der Waals surface area (Å²) in [5.41, 5.74) is 1.52. The number of aromatic amines is 1. The van der Waals surface area contributed by atoms with E-state index in [9.17, 15) is 8.42 Å². The topological polar surface area (TPSA) is 88.6 Å². The highest BCUT2D eigenvalue weighted by Crippen LogP contribution is 2.21. The van der Waals surface area contributed by atoms with Crippen molar-refractivity contribution in [1.82, 2.24) is 20.2 Å². The lowest BCUT2D eigenvalue weighted by molar-refractivity contribution is 0.602. The lowest BCUT2D eigenvalue weighted by atomic mass is 10.1. The third-order valence-electron chi connectivity index (χ3n) is 2.56. The predicted molar refractivity (Wildman–Crippen MR) is 70.2 cm³/mol. The molecule has 6 nitrogen and oxygen atoms in total. The Morgan fingerprint density at radius 2 is 2.05 bits per heavy atom. The summed E-state index contributed by atoms with van der Waals surface area (Å²) in [6.07, 6.45) is 1.70. The van der Waals surface area contributed by atoms with Crippen molar-refractivity contribution in [2.24, 2.45) is 0 Å². The average Bonchev–Trinajstić information content (AvgIpc) is 2.87. The van der Waals surface area contributed by atoms with Crippen molar-refractivity contribution >= 4 is 30.6 Å². The summed E-state index contributed by atoms with van der Waals surface area (Å²) in [6, 6.07) is 9.13. The molecule has 0 radical (unpaired) electrons. The second-order valence-corrected chi connectivity index (χ2v) is 6.29. The van der Waals surface area contributed by atoms with Crippen molar-refractivity contribution in [2.75, 3.05) is 0 Å². The van der Waals surface area contributed by atoms with E-state index < -0.39 is 9.05 Å². The Balaban J connectivity index is 2.11. The molecule has 19 heavy (non-hydrogen) atoms. The zero-order valence-corrected chi connectivity index (χ0v) is 11.0. The monoisotopic (exact) mass is 294 g/mol. The van der Waals surface area contributed by atoms with Crippen LogP contribution in [-0.4, -0.2) is 28.6 Å². The fraction of sp³-hybridized carbons (Fsp3) is 0. The van der Waals surface area contributed by atoms with Gasteiger partial charge in [-0.2, -0.15) is 10.1 Å². The first-order valence-corrected chi connectivity index (χ1v) is 7.57. The Hall–Kier alpha value is -1.99. The van der Waals surface area contributed by atoms with Crippen LogP contribution in [0.15, 0.2) is 41.7 Å². The fourth-order valence-electron chi connectivity index (χ4n) is 1.70. The molecule has 0 aliphatic carbocycles. The molecule has 0 bridgehead atoms. The molecule has 8 heteroatoms. The molecular weight excluding hydrogens is 288 g/mol. The SMILES string of the molecule is O=S(=O)(Cl)c1nc(-c2ccc3ncccc3c2)n[nH]1. The van der Waals surface area contributed by atoms with E-state index in [-0.39, 0.29) is 11.0 Å². The number of rotatable bonds is 2. The van der Waals surface area contributed by atoms with Gasteiger partial charge in [0, 0.05) is 27.8 Å². The highest BCUT2D eigenvalue weighted by molar-refractivity contribution is 8.13. The second kappa shape index (κ2) is 4.29. The van der Waals surface area contributed by atoms with Crippen LogP contribution in [-0.2, 0) is 9.05 Å². The number of H-pyrrole nitrogens is 1. The van der Waals surface area contributed by atoms with E-state index in [1.165, 1.54) is 0 Å². The summed E-state index contributed by atoms with van der Waals surface area (Å²) in [5.74, 6) is 0.268. The first kappa shape index (κ1) is 12.1. The molecule has 0 spiro atoms. The molecule has 1 N–H and O–H groups in total. The van der Waals surface area contributed by atoms with Gasteiger partial charge in [-0.1, -0.05) is 6.07 Å². The Labute approximate surface area is 112 Å².